The Bertz CT molecular complexity index is 526. The molecule has 2 aromatic rings. The topological polar surface area (TPSA) is 44.8 Å². The normalized spacial score (nSPS) is 20.6. The molecule has 0 amide bonds. The maximum atomic E-state index is 6.19. The van der Waals surface area contributed by atoms with Gasteiger partial charge in [0.1, 0.15) is 5.82 Å². The molecule has 3 heterocycles. The number of imidazole rings is 1. The Labute approximate surface area is 117 Å². The average Bonchev–Trinajstić information content (AvgIpc) is 2.96. The minimum absolute atomic E-state index is 0.499. The highest BCUT2D eigenvalue weighted by molar-refractivity contribution is 6.31. The van der Waals surface area contributed by atoms with Crippen molar-refractivity contribution in [2.24, 2.45) is 0 Å². The predicted octanol–water partition coefficient (Wildman–Crippen LogP) is 2.84. The van der Waals surface area contributed by atoms with Crippen LogP contribution in [-0.2, 0) is 6.54 Å². The van der Waals surface area contributed by atoms with E-state index < -0.39 is 0 Å². The zero-order chi connectivity index (χ0) is 13.1. The third kappa shape index (κ3) is 2.96. The van der Waals surface area contributed by atoms with Gasteiger partial charge in [0.05, 0.1) is 0 Å². The van der Waals surface area contributed by atoms with E-state index in [1.165, 1.54) is 12.8 Å². The molecular formula is C14H17ClN4. The number of rotatable bonds is 3. The van der Waals surface area contributed by atoms with E-state index in [9.17, 15) is 0 Å². The second-order valence-electron chi connectivity index (χ2n) is 5.02. The maximum absolute atomic E-state index is 6.19. The third-order valence-electron chi connectivity index (χ3n) is 3.65. The van der Waals surface area contributed by atoms with Crippen LogP contribution in [0.25, 0.3) is 0 Å². The van der Waals surface area contributed by atoms with Crippen LogP contribution in [0.2, 0.25) is 5.02 Å². The summed E-state index contributed by atoms with van der Waals surface area (Å²) in [6.07, 6.45) is 9.71. The number of hydrogen-bond acceptors (Lipinski definition) is 3. The first-order valence-corrected chi connectivity index (χ1v) is 7.01. The Morgan fingerprint density at radius 3 is 3.16 bits per heavy atom. The number of piperidine rings is 1. The van der Waals surface area contributed by atoms with Crippen LogP contribution in [0, 0.1) is 0 Å². The summed E-state index contributed by atoms with van der Waals surface area (Å²) in [4.78, 5) is 14.2. The molecule has 0 radical (unpaired) electrons. The third-order valence-corrected chi connectivity index (χ3v) is 4.02. The highest BCUT2D eigenvalue weighted by atomic mass is 35.5. The van der Waals surface area contributed by atoms with E-state index in [1.807, 2.05) is 24.7 Å². The molecule has 0 saturated carbocycles. The first-order chi connectivity index (χ1) is 9.33. The SMILES string of the molecule is Clc1ccncc1CN1CCC[C@@H](c2ncc[nH]2)C1. The maximum Gasteiger partial charge on any atom is 0.110 e. The van der Waals surface area contributed by atoms with Crippen molar-refractivity contribution < 1.29 is 0 Å². The lowest BCUT2D eigenvalue weighted by atomic mass is 9.97. The molecule has 0 bridgehead atoms. The first-order valence-electron chi connectivity index (χ1n) is 6.63. The van der Waals surface area contributed by atoms with Crippen LogP contribution in [0.1, 0.15) is 30.1 Å². The average molecular weight is 277 g/mol. The van der Waals surface area contributed by atoms with Crippen molar-refractivity contribution in [2.75, 3.05) is 13.1 Å². The molecular weight excluding hydrogens is 260 g/mol. The summed E-state index contributed by atoms with van der Waals surface area (Å²) in [5.41, 5.74) is 1.10. The lowest BCUT2D eigenvalue weighted by molar-refractivity contribution is 0.197. The van der Waals surface area contributed by atoms with Gasteiger partial charge in [-0.15, -0.1) is 0 Å². The molecule has 3 rings (SSSR count). The summed E-state index contributed by atoms with van der Waals surface area (Å²) < 4.78 is 0. The molecule has 100 valence electrons. The van der Waals surface area contributed by atoms with Crippen LogP contribution in [0.4, 0.5) is 0 Å². The van der Waals surface area contributed by atoms with Gasteiger partial charge in [-0.3, -0.25) is 9.88 Å². The highest BCUT2D eigenvalue weighted by Crippen LogP contribution is 2.26. The van der Waals surface area contributed by atoms with Crippen LogP contribution in [0.3, 0.4) is 0 Å². The van der Waals surface area contributed by atoms with Crippen molar-refractivity contribution in [1.29, 1.82) is 0 Å². The number of likely N-dealkylation sites (tertiary alicyclic amines) is 1. The van der Waals surface area contributed by atoms with Gasteiger partial charge in [0.2, 0.25) is 0 Å². The Balaban J connectivity index is 1.67. The molecule has 1 aliphatic rings. The number of hydrogen-bond donors (Lipinski definition) is 1. The Morgan fingerprint density at radius 1 is 1.42 bits per heavy atom. The van der Waals surface area contributed by atoms with Gasteiger partial charge in [0.15, 0.2) is 0 Å². The van der Waals surface area contributed by atoms with Gasteiger partial charge in [-0.1, -0.05) is 11.6 Å². The van der Waals surface area contributed by atoms with Crippen molar-refractivity contribution in [3.05, 3.63) is 47.3 Å². The molecule has 0 aliphatic carbocycles. The summed E-state index contributed by atoms with van der Waals surface area (Å²) in [6.45, 7) is 3.01. The van der Waals surface area contributed by atoms with Crippen molar-refractivity contribution >= 4 is 11.6 Å². The van der Waals surface area contributed by atoms with Crippen LogP contribution >= 0.6 is 11.6 Å². The number of aromatic amines is 1. The molecule has 1 fully saturated rings. The predicted molar refractivity (Wildman–Crippen MR) is 75.1 cm³/mol. The van der Waals surface area contributed by atoms with E-state index in [0.717, 1.165) is 36.0 Å². The van der Waals surface area contributed by atoms with E-state index >= 15 is 0 Å². The summed E-state index contributed by atoms with van der Waals surface area (Å²) in [7, 11) is 0. The smallest absolute Gasteiger partial charge is 0.110 e. The molecule has 1 aliphatic heterocycles. The van der Waals surface area contributed by atoms with Gasteiger partial charge in [-0.05, 0) is 25.5 Å². The number of halogens is 1. The van der Waals surface area contributed by atoms with Gasteiger partial charge in [-0.2, -0.15) is 0 Å². The lowest BCUT2D eigenvalue weighted by Gasteiger charge is -2.31. The second kappa shape index (κ2) is 5.72. The quantitative estimate of drug-likeness (QED) is 0.938. The fourth-order valence-electron chi connectivity index (χ4n) is 2.69. The van der Waals surface area contributed by atoms with Crippen molar-refractivity contribution in [3.8, 4) is 0 Å². The molecule has 1 atom stereocenters. The number of nitrogens with zero attached hydrogens (tertiary/aromatic N) is 3. The number of nitrogens with one attached hydrogen (secondary N) is 1. The molecule has 1 saturated heterocycles. The number of H-pyrrole nitrogens is 1. The first kappa shape index (κ1) is 12.6. The Hall–Kier alpha value is -1.39. The standard InChI is InChI=1S/C14H17ClN4/c15-13-3-4-16-8-12(13)10-19-7-1-2-11(9-19)14-17-5-6-18-14/h3-6,8,11H,1-2,7,9-10H2,(H,17,18)/t11-/m1/s1. The minimum Gasteiger partial charge on any atom is -0.348 e. The molecule has 0 aromatic carbocycles. The molecule has 5 heteroatoms. The van der Waals surface area contributed by atoms with E-state index in [4.69, 9.17) is 11.6 Å². The van der Waals surface area contributed by atoms with E-state index in [1.54, 1.807) is 6.20 Å². The Morgan fingerprint density at radius 2 is 2.37 bits per heavy atom. The summed E-state index contributed by atoms with van der Waals surface area (Å²) in [5, 5.41) is 0.801. The largest absolute Gasteiger partial charge is 0.348 e. The van der Waals surface area contributed by atoms with Gasteiger partial charge < -0.3 is 4.98 Å². The van der Waals surface area contributed by atoms with Gasteiger partial charge in [-0.25, -0.2) is 4.98 Å². The molecule has 19 heavy (non-hydrogen) atoms. The molecule has 0 spiro atoms. The number of pyridine rings is 1. The second-order valence-corrected chi connectivity index (χ2v) is 5.42. The van der Waals surface area contributed by atoms with Crippen molar-refractivity contribution in [1.82, 2.24) is 19.9 Å². The van der Waals surface area contributed by atoms with E-state index in [-0.39, 0.29) is 0 Å². The zero-order valence-corrected chi connectivity index (χ0v) is 11.5. The van der Waals surface area contributed by atoms with Crippen LogP contribution in [0.15, 0.2) is 30.9 Å². The van der Waals surface area contributed by atoms with Gasteiger partial charge in [0.25, 0.3) is 0 Å². The lowest BCUT2D eigenvalue weighted by Crippen LogP contribution is -2.34. The van der Waals surface area contributed by atoms with Crippen molar-refractivity contribution in [3.63, 3.8) is 0 Å². The molecule has 4 nitrogen and oxygen atoms in total. The summed E-state index contributed by atoms with van der Waals surface area (Å²) in [5.74, 6) is 1.60. The van der Waals surface area contributed by atoms with Gasteiger partial charge >= 0.3 is 0 Å². The van der Waals surface area contributed by atoms with Crippen LogP contribution in [-0.4, -0.2) is 32.9 Å². The minimum atomic E-state index is 0.499. The molecule has 0 unspecified atom stereocenters. The summed E-state index contributed by atoms with van der Waals surface area (Å²) in [6, 6.07) is 1.85. The zero-order valence-electron chi connectivity index (χ0n) is 10.7. The van der Waals surface area contributed by atoms with E-state index in [2.05, 4.69) is 19.9 Å². The molecule has 2 aromatic heterocycles. The fraction of sp³-hybridized carbons (Fsp3) is 0.429. The monoisotopic (exact) mass is 276 g/mol. The number of aromatic nitrogens is 3. The van der Waals surface area contributed by atoms with Crippen LogP contribution in [0.5, 0.6) is 0 Å². The Kier molecular flexibility index (Phi) is 3.80. The fourth-order valence-corrected chi connectivity index (χ4v) is 2.86. The molecule has 1 N–H and O–H groups in total. The van der Waals surface area contributed by atoms with Crippen molar-refractivity contribution in [2.45, 2.75) is 25.3 Å². The van der Waals surface area contributed by atoms with Gasteiger partial charge in [0, 0.05) is 54.4 Å². The highest BCUT2D eigenvalue weighted by Gasteiger charge is 2.23. The van der Waals surface area contributed by atoms with Crippen LogP contribution < -0.4 is 0 Å². The van der Waals surface area contributed by atoms with E-state index in [0.29, 0.717) is 5.92 Å². The summed E-state index contributed by atoms with van der Waals surface area (Å²) >= 11 is 6.19.